The fraction of sp³-hybridized carbons (Fsp3) is 0.235. The number of amides is 1. The molecule has 1 aliphatic heterocycles. The molecule has 6 nitrogen and oxygen atoms in total. The van der Waals surface area contributed by atoms with Crippen LogP contribution in [0.25, 0.3) is 11.5 Å². The Kier molecular flexibility index (Phi) is 3.60. The number of carbonyl (C=O) groups excluding carboxylic acids is 1. The summed E-state index contributed by atoms with van der Waals surface area (Å²) in [5, 5.41) is 3.98. The standard InChI is InChI=1S/C17H15FN4O2/c18-13-5-3-11(4-6-13)17(23)22-9-7-12(10-22)16-20-15(21-24-16)14-2-1-8-19-14/h1-6,8,12,19H,7,9-10H2. The van der Waals surface area contributed by atoms with Crippen molar-refractivity contribution in [1.82, 2.24) is 20.0 Å². The Labute approximate surface area is 137 Å². The van der Waals surface area contributed by atoms with Crippen LogP contribution in [0.3, 0.4) is 0 Å². The van der Waals surface area contributed by atoms with Crippen LogP contribution >= 0.6 is 0 Å². The maximum Gasteiger partial charge on any atom is 0.253 e. The van der Waals surface area contributed by atoms with Crippen LogP contribution in [0.2, 0.25) is 0 Å². The van der Waals surface area contributed by atoms with Crippen LogP contribution in [0, 0.1) is 5.82 Å². The molecule has 1 unspecified atom stereocenters. The van der Waals surface area contributed by atoms with Gasteiger partial charge in [0.25, 0.3) is 5.91 Å². The lowest BCUT2D eigenvalue weighted by atomic mass is 10.1. The minimum Gasteiger partial charge on any atom is -0.359 e. The van der Waals surface area contributed by atoms with Crippen molar-refractivity contribution in [2.24, 2.45) is 0 Å². The van der Waals surface area contributed by atoms with Gasteiger partial charge in [0.2, 0.25) is 11.7 Å². The van der Waals surface area contributed by atoms with Crippen molar-refractivity contribution in [3.63, 3.8) is 0 Å². The molecule has 7 heteroatoms. The lowest BCUT2D eigenvalue weighted by Crippen LogP contribution is -2.28. The van der Waals surface area contributed by atoms with Crippen LogP contribution in [-0.4, -0.2) is 39.0 Å². The van der Waals surface area contributed by atoms with E-state index in [0.717, 1.165) is 12.1 Å². The fourth-order valence-electron chi connectivity index (χ4n) is 2.90. The van der Waals surface area contributed by atoms with Crippen LogP contribution < -0.4 is 0 Å². The van der Waals surface area contributed by atoms with Crippen LogP contribution in [0.15, 0.2) is 47.1 Å². The second kappa shape index (κ2) is 5.92. The number of aromatic nitrogens is 3. The topological polar surface area (TPSA) is 75.0 Å². The molecule has 0 aliphatic carbocycles. The van der Waals surface area contributed by atoms with Gasteiger partial charge in [0, 0.05) is 24.8 Å². The van der Waals surface area contributed by atoms with E-state index in [-0.39, 0.29) is 17.6 Å². The average Bonchev–Trinajstić information content (AvgIpc) is 3.33. The van der Waals surface area contributed by atoms with E-state index in [4.69, 9.17) is 4.52 Å². The van der Waals surface area contributed by atoms with Gasteiger partial charge in [-0.2, -0.15) is 4.98 Å². The molecule has 0 radical (unpaired) electrons. The Morgan fingerprint density at radius 3 is 2.88 bits per heavy atom. The van der Waals surface area contributed by atoms with Gasteiger partial charge in [-0.1, -0.05) is 5.16 Å². The SMILES string of the molecule is O=C(c1ccc(F)cc1)N1CCC(c2nc(-c3ccc[nH]3)no2)C1. The zero-order valence-electron chi connectivity index (χ0n) is 12.8. The van der Waals surface area contributed by atoms with Crippen molar-refractivity contribution < 1.29 is 13.7 Å². The van der Waals surface area contributed by atoms with Crippen molar-refractivity contribution in [2.75, 3.05) is 13.1 Å². The van der Waals surface area contributed by atoms with Crippen LogP contribution in [0.4, 0.5) is 4.39 Å². The first-order chi connectivity index (χ1) is 11.7. The molecule has 4 rings (SSSR count). The summed E-state index contributed by atoms with van der Waals surface area (Å²) in [5.74, 6) is 0.605. The molecule has 1 N–H and O–H groups in total. The molecule has 1 aliphatic rings. The van der Waals surface area contributed by atoms with Crippen LogP contribution in [0.1, 0.15) is 28.6 Å². The van der Waals surface area contributed by atoms with E-state index >= 15 is 0 Å². The number of benzene rings is 1. The Morgan fingerprint density at radius 2 is 2.12 bits per heavy atom. The normalized spacial score (nSPS) is 17.4. The lowest BCUT2D eigenvalue weighted by molar-refractivity contribution is 0.0789. The van der Waals surface area contributed by atoms with Crippen molar-refractivity contribution >= 4 is 5.91 Å². The number of rotatable bonds is 3. The summed E-state index contributed by atoms with van der Waals surface area (Å²) >= 11 is 0. The summed E-state index contributed by atoms with van der Waals surface area (Å²) in [7, 11) is 0. The minimum absolute atomic E-state index is 0.0191. The Balaban J connectivity index is 1.46. The van der Waals surface area contributed by atoms with Crippen molar-refractivity contribution in [2.45, 2.75) is 12.3 Å². The summed E-state index contributed by atoms with van der Waals surface area (Å²) in [6, 6.07) is 9.32. The maximum absolute atomic E-state index is 13.0. The summed E-state index contributed by atoms with van der Waals surface area (Å²) < 4.78 is 18.3. The highest BCUT2D eigenvalue weighted by atomic mass is 19.1. The quantitative estimate of drug-likeness (QED) is 0.803. The third kappa shape index (κ3) is 2.68. The highest BCUT2D eigenvalue weighted by Gasteiger charge is 2.31. The van der Waals surface area contributed by atoms with Crippen LogP contribution in [-0.2, 0) is 0 Å². The summed E-state index contributed by atoms with van der Waals surface area (Å²) in [5.41, 5.74) is 1.27. The van der Waals surface area contributed by atoms with Crippen molar-refractivity contribution in [1.29, 1.82) is 0 Å². The predicted octanol–water partition coefficient (Wildman–Crippen LogP) is 2.83. The number of hydrogen-bond acceptors (Lipinski definition) is 4. The second-order valence-corrected chi connectivity index (χ2v) is 5.78. The van der Waals surface area contributed by atoms with Gasteiger partial charge in [0.15, 0.2) is 0 Å². The minimum atomic E-state index is -0.353. The zero-order valence-corrected chi connectivity index (χ0v) is 12.8. The maximum atomic E-state index is 13.0. The number of nitrogens with zero attached hydrogens (tertiary/aromatic N) is 3. The van der Waals surface area contributed by atoms with Crippen LogP contribution in [0.5, 0.6) is 0 Å². The molecule has 1 atom stereocenters. The first-order valence-electron chi connectivity index (χ1n) is 7.73. The monoisotopic (exact) mass is 326 g/mol. The Bertz CT molecular complexity index is 842. The summed E-state index contributed by atoms with van der Waals surface area (Å²) in [6.07, 6.45) is 2.56. The Morgan fingerprint density at radius 1 is 1.29 bits per heavy atom. The number of aromatic amines is 1. The number of nitrogens with one attached hydrogen (secondary N) is 1. The Hall–Kier alpha value is -2.96. The molecule has 1 aromatic carbocycles. The molecule has 0 spiro atoms. The predicted molar refractivity (Wildman–Crippen MR) is 83.7 cm³/mol. The first kappa shape index (κ1) is 14.6. The van der Waals surface area contributed by atoms with E-state index in [1.165, 1.54) is 24.3 Å². The largest absolute Gasteiger partial charge is 0.359 e. The van der Waals surface area contributed by atoms with E-state index < -0.39 is 0 Å². The third-order valence-corrected chi connectivity index (χ3v) is 4.20. The molecule has 2 aromatic heterocycles. The lowest BCUT2D eigenvalue weighted by Gasteiger charge is -2.15. The van der Waals surface area contributed by atoms with Gasteiger partial charge in [0.1, 0.15) is 5.82 Å². The molecule has 1 fully saturated rings. The molecule has 24 heavy (non-hydrogen) atoms. The molecule has 1 amide bonds. The van der Waals surface area contributed by atoms with Gasteiger partial charge in [0.05, 0.1) is 11.6 Å². The molecule has 0 saturated carbocycles. The molecule has 3 aromatic rings. The highest BCUT2D eigenvalue weighted by Crippen LogP contribution is 2.28. The molecule has 3 heterocycles. The fourth-order valence-corrected chi connectivity index (χ4v) is 2.90. The van der Waals surface area contributed by atoms with Crippen molar-refractivity contribution in [3.05, 3.63) is 59.9 Å². The van der Waals surface area contributed by atoms with E-state index in [9.17, 15) is 9.18 Å². The zero-order chi connectivity index (χ0) is 16.5. The molecule has 1 saturated heterocycles. The van der Waals surface area contributed by atoms with Gasteiger partial charge < -0.3 is 14.4 Å². The molecule has 122 valence electrons. The van der Waals surface area contributed by atoms with E-state index in [1.54, 1.807) is 11.1 Å². The van der Waals surface area contributed by atoms with Gasteiger partial charge >= 0.3 is 0 Å². The van der Waals surface area contributed by atoms with Gasteiger partial charge in [-0.25, -0.2) is 4.39 Å². The first-order valence-corrected chi connectivity index (χ1v) is 7.73. The van der Waals surface area contributed by atoms with Gasteiger partial charge in [-0.15, -0.1) is 0 Å². The van der Waals surface area contributed by atoms with Crippen molar-refractivity contribution in [3.8, 4) is 11.5 Å². The number of likely N-dealkylation sites (tertiary alicyclic amines) is 1. The summed E-state index contributed by atoms with van der Waals surface area (Å²) in [6.45, 7) is 1.13. The highest BCUT2D eigenvalue weighted by molar-refractivity contribution is 5.94. The third-order valence-electron chi connectivity index (χ3n) is 4.20. The van der Waals surface area contributed by atoms with Gasteiger partial charge in [-0.3, -0.25) is 4.79 Å². The van der Waals surface area contributed by atoms with E-state index in [0.29, 0.717) is 30.4 Å². The number of carbonyl (C=O) groups is 1. The second-order valence-electron chi connectivity index (χ2n) is 5.78. The van der Waals surface area contributed by atoms with Gasteiger partial charge in [-0.05, 0) is 42.8 Å². The molecular formula is C17H15FN4O2. The van der Waals surface area contributed by atoms with E-state index in [1.807, 2.05) is 12.1 Å². The molecule has 0 bridgehead atoms. The number of halogens is 1. The number of H-pyrrole nitrogens is 1. The molecular weight excluding hydrogens is 311 g/mol. The number of hydrogen-bond donors (Lipinski definition) is 1. The smallest absolute Gasteiger partial charge is 0.253 e. The van der Waals surface area contributed by atoms with E-state index in [2.05, 4.69) is 15.1 Å². The summed E-state index contributed by atoms with van der Waals surface area (Å²) in [4.78, 5) is 21.6. The average molecular weight is 326 g/mol.